The number of furan rings is 1. The molecule has 0 bridgehead atoms. The third kappa shape index (κ3) is 5.51. The predicted octanol–water partition coefficient (Wildman–Crippen LogP) is 3.73. The summed E-state index contributed by atoms with van der Waals surface area (Å²) < 4.78 is 50.3. The van der Waals surface area contributed by atoms with Gasteiger partial charge in [-0.2, -0.15) is 13.2 Å². The molecule has 0 aliphatic carbocycles. The number of nitrogens with zero attached hydrogens (tertiary/aromatic N) is 1. The third-order valence-electron chi connectivity index (χ3n) is 4.71. The van der Waals surface area contributed by atoms with Crippen molar-refractivity contribution < 1.29 is 27.1 Å². The molecule has 1 aromatic heterocycles. The van der Waals surface area contributed by atoms with Gasteiger partial charge < -0.3 is 19.4 Å². The number of nitrogens with one attached hydrogen (secondary N) is 2. The second-order valence-electron chi connectivity index (χ2n) is 6.93. The first-order valence-corrected chi connectivity index (χ1v) is 9.37. The molecule has 2 aromatic rings. The van der Waals surface area contributed by atoms with Gasteiger partial charge in [0.25, 0.3) is 0 Å². The summed E-state index contributed by atoms with van der Waals surface area (Å²) in [5, 5.41) is 5.63. The Bertz CT molecular complexity index is 845. The minimum absolute atomic E-state index is 0.0697. The first-order chi connectivity index (χ1) is 13.7. The van der Waals surface area contributed by atoms with Crippen molar-refractivity contribution in [2.45, 2.75) is 26.1 Å². The highest BCUT2D eigenvalue weighted by Crippen LogP contribution is 2.35. The number of amides is 1. The summed E-state index contributed by atoms with van der Waals surface area (Å²) in [6.07, 6.45) is -4.49. The molecule has 2 heterocycles. The van der Waals surface area contributed by atoms with Gasteiger partial charge in [-0.3, -0.25) is 10.1 Å². The lowest BCUT2D eigenvalue weighted by atomic mass is 10.1. The molecule has 1 saturated heterocycles. The Balaban J connectivity index is 1.72. The summed E-state index contributed by atoms with van der Waals surface area (Å²) in [6, 6.07) is 6.82. The van der Waals surface area contributed by atoms with E-state index in [1.807, 2.05) is 30.9 Å². The Kier molecular flexibility index (Phi) is 6.49. The maximum atomic E-state index is 13.2. The van der Waals surface area contributed by atoms with E-state index in [9.17, 15) is 18.0 Å². The molecule has 1 amide bonds. The molecule has 1 aromatic carbocycles. The van der Waals surface area contributed by atoms with Crippen LogP contribution in [0.3, 0.4) is 0 Å². The third-order valence-corrected chi connectivity index (χ3v) is 4.71. The summed E-state index contributed by atoms with van der Waals surface area (Å²) in [6.45, 7) is 5.65. The largest absolute Gasteiger partial charge is 0.465 e. The van der Waals surface area contributed by atoms with Crippen LogP contribution in [-0.4, -0.2) is 38.8 Å². The van der Waals surface area contributed by atoms with Gasteiger partial charge in [0.1, 0.15) is 11.5 Å². The van der Waals surface area contributed by atoms with Crippen molar-refractivity contribution in [1.82, 2.24) is 5.32 Å². The van der Waals surface area contributed by atoms with Crippen molar-refractivity contribution in [3.63, 3.8) is 0 Å². The number of alkyl halides is 3. The van der Waals surface area contributed by atoms with Crippen LogP contribution in [-0.2, 0) is 15.7 Å². The van der Waals surface area contributed by atoms with Gasteiger partial charge in [0, 0.05) is 13.1 Å². The first kappa shape index (κ1) is 21.2. The molecule has 1 aliphatic rings. The first-order valence-electron chi connectivity index (χ1n) is 9.37. The molecule has 2 N–H and O–H groups in total. The van der Waals surface area contributed by atoms with Gasteiger partial charge >= 0.3 is 6.18 Å². The number of carbonyl (C=O) groups excluding carboxylic acids is 1. The topological polar surface area (TPSA) is 66.7 Å². The molecule has 9 heteroatoms. The molecule has 6 nitrogen and oxygen atoms in total. The maximum Gasteiger partial charge on any atom is 0.416 e. The van der Waals surface area contributed by atoms with E-state index in [1.54, 1.807) is 0 Å². The molecule has 158 valence electrons. The fourth-order valence-corrected chi connectivity index (χ4v) is 3.12. The summed E-state index contributed by atoms with van der Waals surface area (Å²) in [5.41, 5.74) is -0.128. The van der Waals surface area contributed by atoms with E-state index in [1.165, 1.54) is 6.07 Å². The van der Waals surface area contributed by atoms with Crippen molar-refractivity contribution in [2.24, 2.45) is 0 Å². The average Bonchev–Trinajstić information content (AvgIpc) is 3.12. The normalized spacial score (nSPS) is 16.0. The summed E-state index contributed by atoms with van der Waals surface area (Å²) in [5.74, 6) is 1.01. The van der Waals surface area contributed by atoms with Crippen molar-refractivity contribution in [2.75, 3.05) is 43.1 Å². The van der Waals surface area contributed by atoms with Crippen LogP contribution >= 0.6 is 0 Å². The van der Waals surface area contributed by atoms with Crippen LogP contribution in [0.15, 0.2) is 34.7 Å². The number of morpholine rings is 1. The second kappa shape index (κ2) is 8.87. The quantitative estimate of drug-likeness (QED) is 0.758. The minimum atomic E-state index is -4.49. The lowest BCUT2D eigenvalue weighted by molar-refractivity contribution is -0.137. The zero-order chi connectivity index (χ0) is 21.0. The number of anilines is 2. The number of hydrogen-bond donors (Lipinski definition) is 2. The fraction of sp³-hybridized carbons (Fsp3) is 0.450. The van der Waals surface area contributed by atoms with Crippen molar-refractivity contribution in [3.05, 3.63) is 47.4 Å². The molecule has 1 atom stereocenters. The van der Waals surface area contributed by atoms with Crippen LogP contribution in [0.4, 0.5) is 24.5 Å². The molecule has 1 fully saturated rings. The van der Waals surface area contributed by atoms with Gasteiger partial charge in [0.05, 0.1) is 42.7 Å². The SMILES string of the molecule is Cc1ccc(C(C)NCC(=O)Nc2cc(C(F)(F)F)ccc2N2CCOCC2)o1. The van der Waals surface area contributed by atoms with Crippen LogP contribution in [0.2, 0.25) is 0 Å². The van der Waals surface area contributed by atoms with Crippen molar-refractivity contribution in [1.29, 1.82) is 0 Å². The molecule has 0 spiro atoms. The second-order valence-corrected chi connectivity index (χ2v) is 6.93. The smallest absolute Gasteiger partial charge is 0.416 e. The zero-order valence-electron chi connectivity index (χ0n) is 16.3. The van der Waals surface area contributed by atoms with E-state index in [0.717, 1.165) is 17.9 Å². The Morgan fingerprint density at radius 1 is 1.21 bits per heavy atom. The van der Waals surface area contributed by atoms with E-state index in [0.29, 0.717) is 37.8 Å². The van der Waals surface area contributed by atoms with Gasteiger partial charge in [0.15, 0.2) is 0 Å². The summed E-state index contributed by atoms with van der Waals surface area (Å²) in [7, 11) is 0. The van der Waals surface area contributed by atoms with Gasteiger partial charge in [-0.15, -0.1) is 0 Å². The number of ether oxygens (including phenoxy) is 1. The van der Waals surface area contributed by atoms with E-state index in [-0.39, 0.29) is 18.3 Å². The highest BCUT2D eigenvalue weighted by molar-refractivity contribution is 5.95. The van der Waals surface area contributed by atoms with E-state index in [2.05, 4.69) is 10.6 Å². The minimum Gasteiger partial charge on any atom is -0.465 e. The van der Waals surface area contributed by atoms with E-state index < -0.39 is 17.6 Å². The highest BCUT2D eigenvalue weighted by atomic mass is 19.4. The molecule has 0 radical (unpaired) electrons. The Labute approximate surface area is 167 Å². The van der Waals surface area contributed by atoms with Crippen LogP contribution in [0, 0.1) is 6.92 Å². The van der Waals surface area contributed by atoms with Gasteiger partial charge in [-0.1, -0.05) is 0 Å². The van der Waals surface area contributed by atoms with Crippen LogP contribution < -0.4 is 15.5 Å². The van der Waals surface area contributed by atoms with Gasteiger partial charge in [0.2, 0.25) is 5.91 Å². The number of aryl methyl sites for hydroxylation is 1. The Morgan fingerprint density at radius 3 is 2.55 bits per heavy atom. The number of carbonyl (C=O) groups is 1. The molecule has 3 rings (SSSR count). The number of benzene rings is 1. The number of halogens is 3. The van der Waals surface area contributed by atoms with Crippen molar-refractivity contribution >= 4 is 17.3 Å². The maximum absolute atomic E-state index is 13.2. The zero-order valence-corrected chi connectivity index (χ0v) is 16.3. The summed E-state index contributed by atoms with van der Waals surface area (Å²) >= 11 is 0. The monoisotopic (exact) mass is 411 g/mol. The number of hydrogen-bond acceptors (Lipinski definition) is 5. The summed E-state index contributed by atoms with van der Waals surface area (Å²) in [4.78, 5) is 14.3. The molecular weight excluding hydrogens is 387 g/mol. The lowest BCUT2D eigenvalue weighted by Gasteiger charge is -2.31. The highest BCUT2D eigenvalue weighted by Gasteiger charge is 2.32. The molecular formula is C20H24F3N3O3. The fourth-order valence-electron chi connectivity index (χ4n) is 3.12. The van der Waals surface area contributed by atoms with Crippen LogP contribution in [0.1, 0.15) is 30.0 Å². The van der Waals surface area contributed by atoms with Gasteiger partial charge in [-0.25, -0.2) is 0 Å². The van der Waals surface area contributed by atoms with Crippen LogP contribution in [0.25, 0.3) is 0 Å². The van der Waals surface area contributed by atoms with E-state index in [4.69, 9.17) is 9.15 Å². The molecule has 1 unspecified atom stereocenters. The molecule has 1 aliphatic heterocycles. The molecule has 29 heavy (non-hydrogen) atoms. The van der Waals surface area contributed by atoms with Crippen molar-refractivity contribution in [3.8, 4) is 0 Å². The number of rotatable bonds is 6. The Hall–Kier alpha value is -2.52. The van der Waals surface area contributed by atoms with Crippen LogP contribution in [0.5, 0.6) is 0 Å². The standard InChI is InChI=1S/C20H24F3N3O3/c1-13-3-6-18(29-13)14(2)24-12-19(27)25-16-11-15(20(21,22)23)4-5-17(16)26-7-9-28-10-8-26/h3-6,11,14,24H,7-10,12H2,1-2H3,(H,25,27). The van der Waals surface area contributed by atoms with Gasteiger partial charge in [-0.05, 0) is 44.2 Å². The lowest BCUT2D eigenvalue weighted by Crippen LogP contribution is -2.37. The molecule has 0 saturated carbocycles. The van der Waals surface area contributed by atoms with E-state index >= 15 is 0 Å². The average molecular weight is 411 g/mol. The predicted molar refractivity (Wildman–Crippen MR) is 103 cm³/mol. The Morgan fingerprint density at radius 2 is 1.93 bits per heavy atom.